The highest BCUT2D eigenvalue weighted by Gasteiger charge is 2.09. The first-order chi connectivity index (χ1) is 20.7. The van der Waals surface area contributed by atoms with Crippen molar-refractivity contribution in [2.75, 3.05) is 14.2 Å². The lowest BCUT2D eigenvalue weighted by molar-refractivity contribution is 0.415. The fourth-order valence-electron chi connectivity index (χ4n) is 5.55. The van der Waals surface area contributed by atoms with Gasteiger partial charge in [-0.25, -0.2) is 0 Å². The van der Waals surface area contributed by atoms with Gasteiger partial charge in [-0.1, -0.05) is 0 Å². The maximum Gasteiger partial charge on any atom is 0.119 e. The largest absolute Gasteiger partial charge is 0.497 e. The first-order valence-corrected chi connectivity index (χ1v) is 13.8. The van der Waals surface area contributed by atoms with Gasteiger partial charge in [-0.05, 0) is 71.8 Å². The number of hydrogen-bond acceptors (Lipinski definition) is 4. The van der Waals surface area contributed by atoms with E-state index in [0.717, 1.165) is 46.4 Å². The van der Waals surface area contributed by atoms with Gasteiger partial charge in [-0.3, -0.25) is 9.97 Å². The van der Waals surface area contributed by atoms with Crippen LogP contribution in [0.1, 0.15) is 11.1 Å². The third-order valence-electron chi connectivity index (χ3n) is 7.77. The molecule has 0 spiro atoms. The number of rotatable bonds is 6. The molecule has 0 bridgehead atoms. The topological polar surface area (TPSA) is 85.7 Å². The summed E-state index contributed by atoms with van der Waals surface area (Å²) < 4.78 is 15.1. The fourth-order valence-corrected chi connectivity index (χ4v) is 5.55. The Labute approximate surface area is 242 Å². The highest BCUT2D eigenvalue weighted by molar-refractivity contribution is 5.86. The standard InChI is InChI=1S/2C17H15N3O/c2*1-21-14-2-3-16-15(8-14)13(10-19-16)11-20-7-5-12-9-18-6-4-17(12)20/h2*2-10,19H,11H2,1H3. The zero-order valence-corrected chi connectivity index (χ0v) is 23.4. The minimum Gasteiger partial charge on any atom is -0.497 e. The predicted octanol–water partition coefficient (Wildman–Crippen LogP) is 7.15. The van der Waals surface area contributed by atoms with Crippen molar-refractivity contribution >= 4 is 43.6 Å². The van der Waals surface area contributed by atoms with Crippen LogP contribution in [-0.4, -0.2) is 43.3 Å². The summed E-state index contributed by atoms with van der Waals surface area (Å²) in [5.74, 6) is 1.76. The predicted molar refractivity (Wildman–Crippen MR) is 167 cm³/mol. The molecule has 0 unspecified atom stereocenters. The Bertz CT molecular complexity index is 1990. The molecule has 8 nitrogen and oxygen atoms in total. The van der Waals surface area contributed by atoms with Gasteiger partial charge < -0.3 is 28.6 Å². The number of ether oxygens (including phenoxy) is 2. The summed E-state index contributed by atoms with van der Waals surface area (Å²) in [6, 6.07) is 20.5. The van der Waals surface area contributed by atoms with Crippen LogP contribution in [0.2, 0.25) is 0 Å². The van der Waals surface area contributed by atoms with Crippen LogP contribution in [0.15, 0.2) is 110 Å². The Morgan fingerprint density at radius 3 is 1.55 bits per heavy atom. The molecule has 6 aromatic heterocycles. The van der Waals surface area contributed by atoms with E-state index >= 15 is 0 Å². The maximum absolute atomic E-state index is 5.32. The molecule has 8 rings (SSSR count). The van der Waals surface area contributed by atoms with Gasteiger partial charge in [-0.2, -0.15) is 0 Å². The first kappa shape index (κ1) is 25.5. The zero-order chi connectivity index (χ0) is 28.5. The SMILES string of the molecule is COc1ccc2[nH]cc(Cn3ccc4cnccc43)c2c1.COc1ccc2[nH]cc(Cn3ccc4cnccc43)c2c1. The van der Waals surface area contributed by atoms with Crippen LogP contribution in [0.3, 0.4) is 0 Å². The lowest BCUT2D eigenvalue weighted by Crippen LogP contribution is -1.97. The van der Waals surface area contributed by atoms with E-state index in [1.807, 2.05) is 49.1 Å². The second-order valence-electron chi connectivity index (χ2n) is 10.2. The number of aromatic amines is 2. The van der Waals surface area contributed by atoms with E-state index in [1.54, 1.807) is 14.2 Å². The van der Waals surface area contributed by atoms with Crippen LogP contribution in [0, 0.1) is 0 Å². The summed E-state index contributed by atoms with van der Waals surface area (Å²) in [5.41, 5.74) is 7.15. The third-order valence-corrected chi connectivity index (χ3v) is 7.77. The maximum atomic E-state index is 5.32. The van der Waals surface area contributed by atoms with Gasteiger partial charge in [0.25, 0.3) is 0 Å². The number of H-pyrrole nitrogens is 2. The highest BCUT2D eigenvalue weighted by atomic mass is 16.5. The Hall–Kier alpha value is -5.50. The number of hydrogen-bond donors (Lipinski definition) is 2. The summed E-state index contributed by atoms with van der Waals surface area (Å²) in [6.07, 6.45) is 15.8. The molecule has 0 aliphatic rings. The van der Waals surface area contributed by atoms with Gasteiger partial charge in [-0.15, -0.1) is 0 Å². The summed E-state index contributed by atoms with van der Waals surface area (Å²) in [4.78, 5) is 15.0. The van der Waals surface area contributed by atoms with Gasteiger partial charge in [0.2, 0.25) is 0 Å². The van der Waals surface area contributed by atoms with Crippen LogP contribution in [0.4, 0.5) is 0 Å². The van der Waals surface area contributed by atoms with Crippen LogP contribution in [-0.2, 0) is 13.1 Å². The summed E-state index contributed by atoms with van der Waals surface area (Å²) in [5, 5.41) is 4.72. The summed E-state index contributed by atoms with van der Waals surface area (Å²) >= 11 is 0. The molecule has 0 fully saturated rings. The normalized spacial score (nSPS) is 11.3. The van der Waals surface area contributed by atoms with Crippen molar-refractivity contribution in [2.24, 2.45) is 0 Å². The van der Waals surface area contributed by atoms with Crippen molar-refractivity contribution in [3.63, 3.8) is 0 Å². The number of fused-ring (bicyclic) bond motifs is 4. The summed E-state index contributed by atoms with van der Waals surface area (Å²) in [6.45, 7) is 1.64. The molecule has 8 aromatic rings. The van der Waals surface area contributed by atoms with Crippen molar-refractivity contribution < 1.29 is 9.47 Å². The van der Waals surface area contributed by atoms with E-state index in [0.29, 0.717) is 0 Å². The lowest BCUT2D eigenvalue weighted by Gasteiger charge is -2.05. The Balaban J connectivity index is 0.000000137. The van der Waals surface area contributed by atoms with E-state index in [-0.39, 0.29) is 0 Å². The first-order valence-electron chi connectivity index (χ1n) is 13.8. The number of nitrogens with one attached hydrogen (secondary N) is 2. The fraction of sp³-hybridized carbons (Fsp3) is 0.118. The van der Waals surface area contributed by atoms with E-state index < -0.39 is 0 Å². The lowest BCUT2D eigenvalue weighted by atomic mass is 10.1. The molecule has 0 atom stereocenters. The molecule has 0 aliphatic heterocycles. The molecule has 0 saturated carbocycles. The average molecular weight is 555 g/mol. The van der Waals surface area contributed by atoms with Crippen molar-refractivity contribution in [2.45, 2.75) is 13.1 Å². The molecule has 2 aromatic carbocycles. The molecule has 8 heteroatoms. The molecule has 0 radical (unpaired) electrons. The number of pyridine rings is 2. The quantitative estimate of drug-likeness (QED) is 0.229. The number of methoxy groups -OCH3 is 2. The Kier molecular flexibility index (Phi) is 6.56. The Morgan fingerprint density at radius 2 is 1.10 bits per heavy atom. The van der Waals surface area contributed by atoms with E-state index in [1.165, 1.54) is 32.9 Å². The van der Waals surface area contributed by atoms with Crippen LogP contribution in [0.5, 0.6) is 11.5 Å². The number of nitrogens with zero attached hydrogens (tertiary/aromatic N) is 4. The van der Waals surface area contributed by atoms with Gasteiger partial charge >= 0.3 is 0 Å². The van der Waals surface area contributed by atoms with E-state index in [4.69, 9.17) is 9.47 Å². The molecule has 0 aliphatic carbocycles. The average Bonchev–Trinajstić information content (AvgIpc) is 3.84. The molecular formula is C34H30N6O2. The third kappa shape index (κ3) is 4.73. The van der Waals surface area contributed by atoms with Crippen molar-refractivity contribution in [3.05, 3.63) is 121 Å². The van der Waals surface area contributed by atoms with E-state index in [9.17, 15) is 0 Å². The number of benzene rings is 2. The second-order valence-corrected chi connectivity index (χ2v) is 10.2. The van der Waals surface area contributed by atoms with Crippen LogP contribution in [0.25, 0.3) is 43.6 Å². The van der Waals surface area contributed by atoms with Gasteiger partial charge in [0.1, 0.15) is 11.5 Å². The van der Waals surface area contributed by atoms with Crippen molar-refractivity contribution in [1.29, 1.82) is 0 Å². The minimum atomic E-state index is 0.820. The van der Waals surface area contributed by atoms with E-state index in [2.05, 4.69) is 90.3 Å². The molecule has 0 amide bonds. The van der Waals surface area contributed by atoms with Gasteiger partial charge in [0.05, 0.1) is 25.3 Å². The molecule has 0 saturated heterocycles. The monoisotopic (exact) mass is 554 g/mol. The van der Waals surface area contributed by atoms with Crippen LogP contribution >= 0.6 is 0 Å². The molecule has 6 heterocycles. The summed E-state index contributed by atoms with van der Waals surface area (Å²) in [7, 11) is 3.39. The van der Waals surface area contributed by atoms with Gasteiger partial charge in [0, 0.05) is 95.2 Å². The molecule has 42 heavy (non-hydrogen) atoms. The number of aromatic nitrogens is 6. The Morgan fingerprint density at radius 1 is 0.619 bits per heavy atom. The van der Waals surface area contributed by atoms with Gasteiger partial charge in [0.15, 0.2) is 0 Å². The highest BCUT2D eigenvalue weighted by Crippen LogP contribution is 2.27. The van der Waals surface area contributed by atoms with Crippen molar-refractivity contribution in [3.8, 4) is 11.5 Å². The van der Waals surface area contributed by atoms with Crippen LogP contribution < -0.4 is 9.47 Å². The molecular weight excluding hydrogens is 524 g/mol. The second kappa shape index (κ2) is 10.8. The van der Waals surface area contributed by atoms with Crippen molar-refractivity contribution in [1.82, 2.24) is 29.1 Å². The zero-order valence-electron chi connectivity index (χ0n) is 23.4. The minimum absolute atomic E-state index is 0.820. The smallest absolute Gasteiger partial charge is 0.119 e. The molecule has 2 N–H and O–H groups in total. The molecule has 208 valence electrons.